The number of hydrogen-bond donors (Lipinski definition) is 1. The molecule has 2 fully saturated rings. The lowest BCUT2D eigenvalue weighted by Crippen LogP contribution is -2.62. The van der Waals surface area contributed by atoms with Crippen LogP contribution in [0.4, 0.5) is 0 Å². The molecular weight excluding hydrogens is 278 g/mol. The van der Waals surface area contributed by atoms with Gasteiger partial charge in [-0.1, -0.05) is 4.49 Å². The number of carbonyl (C=O) groups excluding carboxylic acids is 1. The Morgan fingerprint density at radius 1 is 1.50 bits per heavy atom. The molecule has 6 nitrogen and oxygen atoms in total. The second kappa shape index (κ2) is 5.05. The molecule has 0 radical (unpaired) electrons. The van der Waals surface area contributed by atoms with Crippen molar-refractivity contribution in [2.24, 2.45) is 5.41 Å². The van der Waals surface area contributed by atoms with Crippen LogP contribution in [0.2, 0.25) is 0 Å². The van der Waals surface area contributed by atoms with Gasteiger partial charge in [0.15, 0.2) is 0 Å². The highest BCUT2D eigenvalue weighted by molar-refractivity contribution is 7.07. The lowest BCUT2D eigenvalue weighted by Gasteiger charge is -2.56. The number of hydrogen-bond acceptors (Lipinski definition) is 6. The molecule has 7 heteroatoms. The standard InChI is InChI=1S/C13H19N3O3S/c1-8-11(20-15-14-8)12(18)16-5-3-13(4-6-16)9(17)7-10(13)19-2/h9-10,17H,3-7H2,1-2H3/t9-,10+/m1/s1. The quantitative estimate of drug-likeness (QED) is 0.876. The van der Waals surface area contributed by atoms with Crippen LogP contribution in [-0.2, 0) is 4.74 Å². The van der Waals surface area contributed by atoms with E-state index in [1.807, 2.05) is 4.90 Å². The zero-order valence-corrected chi connectivity index (χ0v) is 12.5. The number of aliphatic hydroxyl groups excluding tert-OH is 1. The molecule has 0 bridgehead atoms. The van der Waals surface area contributed by atoms with Gasteiger partial charge in [-0.3, -0.25) is 4.79 Å². The molecule has 1 N–H and O–H groups in total. The Morgan fingerprint density at radius 2 is 2.20 bits per heavy atom. The number of amides is 1. The topological polar surface area (TPSA) is 75.6 Å². The van der Waals surface area contributed by atoms with Gasteiger partial charge in [0.1, 0.15) is 4.88 Å². The minimum absolute atomic E-state index is 0.00938. The summed E-state index contributed by atoms with van der Waals surface area (Å²) in [6.07, 6.45) is 2.13. The Bertz CT molecular complexity index is 511. The van der Waals surface area contributed by atoms with Crippen molar-refractivity contribution in [3.8, 4) is 0 Å². The van der Waals surface area contributed by atoms with E-state index in [9.17, 15) is 9.90 Å². The predicted molar refractivity (Wildman–Crippen MR) is 73.6 cm³/mol. The summed E-state index contributed by atoms with van der Waals surface area (Å²) in [5.74, 6) is 0.00938. The van der Waals surface area contributed by atoms with Crippen molar-refractivity contribution in [2.45, 2.75) is 38.4 Å². The van der Waals surface area contributed by atoms with E-state index in [0.29, 0.717) is 30.1 Å². The number of ether oxygens (including phenoxy) is 1. The highest BCUT2D eigenvalue weighted by Gasteiger charge is 2.56. The van der Waals surface area contributed by atoms with E-state index in [2.05, 4.69) is 9.59 Å². The number of carbonyl (C=O) groups is 1. The monoisotopic (exact) mass is 297 g/mol. The molecule has 1 aliphatic carbocycles. The first-order chi connectivity index (χ1) is 9.58. The van der Waals surface area contributed by atoms with Gasteiger partial charge in [-0.2, -0.15) is 0 Å². The van der Waals surface area contributed by atoms with E-state index in [-0.39, 0.29) is 23.5 Å². The maximum absolute atomic E-state index is 12.4. The van der Waals surface area contributed by atoms with Crippen LogP contribution in [0.5, 0.6) is 0 Å². The Labute approximate surface area is 121 Å². The van der Waals surface area contributed by atoms with Crippen molar-refractivity contribution in [3.05, 3.63) is 10.6 Å². The van der Waals surface area contributed by atoms with Gasteiger partial charge in [-0.15, -0.1) is 5.10 Å². The molecule has 3 rings (SSSR count). The third kappa shape index (κ3) is 1.96. The number of piperidine rings is 1. The van der Waals surface area contributed by atoms with Gasteiger partial charge >= 0.3 is 0 Å². The predicted octanol–water partition coefficient (Wildman–Crippen LogP) is 0.849. The fourth-order valence-electron chi connectivity index (χ4n) is 3.41. The van der Waals surface area contributed by atoms with Crippen LogP contribution in [0.1, 0.15) is 34.6 Å². The molecule has 1 saturated carbocycles. The third-order valence-electron chi connectivity index (χ3n) is 4.85. The SMILES string of the molecule is CO[C@H]1C[C@@H](O)C12CCN(C(=O)c1snnc1C)CC2. The van der Waals surface area contributed by atoms with Crippen LogP contribution in [-0.4, -0.2) is 57.9 Å². The summed E-state index contributed by atoms with van der Waals surface area (Å²) in [5, 5.41) is 14.0. The van der Waals surface area contributed by atoms with Gasteiger partial charge in [0.2, 0.25) is 0 Å². The molecule has 1 amide bonds. The molecule has 1 aliphatic heterocycles. The first-order valence-electron chi connectivity index (χ1n) is 6.87. The van der Waals surface area contributed by atoms with Crippen LogP contribution in [0.3, 0.4) is 0 Å². The summed E-state index contributed by atoms with van der Waals surface area (Å²) in [6.45, 7) is 3.12. The maximum atomic E-state index is 12.4. The molecule has 2 atom stereocenters. The molecule has 0 unspecified atom stereocenters. The lowest BCUT2D eigenvalue weighted by molar-refractivity contribution is -0.199. The summed E-state index contributed by atoms with van der Waals surface area (Å²) in [7, 11) is 1.70. The Kier molecular flexibility index (Phi) is 3.51. The number of aromatic nitrogens is 2. The van der Waals surface area contributed by atoms with E-state index < -0.39 is 0 Å². The van der Waals surface area contributed by atoms with E-state index in [1.165, 1.54) is 0 Å². The first-order valence-corrected chi connectivity index (χ1v) is 7.65. The lowest BCUT2D eigenvalue weighted by atomic mass is 9.58. The molecule has 20 heavy (non-hydrogen) atoms. The zero-order valence-electron chi connectivity index (χ0n) is 11.7. The molecule has 1 aromatic rings. The van der Waals surface area contributed by atoms with Gasteiger partial charge < -0.3 is 14.7 Å². The summed E-state index contributed by atoms with van der Waals surface area (Å²) in [5.41, 5.74) is 0.547. The number of methoxy groups -OCH3 is 1. The zero-order chi connectivity index (χ0) is 14.3. The molecule has 110 valence electrons. The number of rotatable bonds is 2. The highest BCUT2D eigenvalue weighted by atomic mass is 32.1. The summed E-state index contributed by atoms with van der Waals surface area (Å²) < 4.78 is 9.27. The fourth-order valence-corrected chi connectivity index (χ4v) is 4.03. The summed E-state index contributed by atoms with van der Waals surface area (Å²) >= 11 is 1.15. The van der Waals surface area contributed by atoms with Crippen LogP contribution in [0, 0.1) is 12.3 Å². The van der Waals surface area contributed by atoms with Gasteiger partial charge in [0, 0.05) is 32.0 Å². The van der Waals surface area contributed by atoms with Crippen LogP contribution in [0.15, 0.2) is 0 Å². The molecule has 2 heterocycles. The Morgan fingerprint density at radius 3 is 2.70 bits per heavy atom. The molecule has 2 aliphatic rings. The third-order valence-corrected chi connectivity index (χ3v) is 5.67. The van der Waals surface area contributed by atoms with Crippen molar-refractivity contribution in [1.29, 1.82) is 0 Å². The van der Waals surface area contributed by atoms with Crippen molar-refractivity contribution in [1.82, 2.24) is 14.5 Å². The minimum Gasteiger partial charge on any atom is -0.392 e. The maximum Gasteiger partial charge on any atom is 0.267 e. The number of aryl methyl sites for hydroxylation is 1. The van der Waals surface area contributed by atoms with E-state index in [1.54, 1.807) is 14.0 Å². The van der Waals surface area contributed by atoms with Gasteiger partial charge in [0.05, 0.1) is 17.9 Å². The molecule has 1 saturated heterocycles. The molecule has 0 aromatic carbocycles. The van der Waals surface area contributed by atoms with E-state index in [4.69, 9.17) is 4.74 Å². The van der Waals surface area contributed by atoms with E-state index in [0.717, 1.165) is 24.4 Å². The Balaban J connectivity index is 1.67. The number of likely N-dealkylation sites (tertiary alicyclic amines) is 1. The largest absolute Gasteiger partial charge is 0.392 e. The van der Waals surface area contributed by atoms with Crippen LogP contribution in [0.25, 0.3) is 0 Å². The highest BCUT2D eigenvalue weighted by Crippen LogP contribution is 2.50. The van der Waals surface area contributed by atoms with Crippen LogP contribution >= 0.6 is 11.5 Å². The average molecular weight is 297 g/mol. The Hall–Kier alpha value is -1.05. The van der Waals surface area contributed by atoms with E-state index >= 15 is 0 Å². The number of aliphatic hydroxyl groups is 1. The second-order valence-corrected chi connectivity index (χ2v) is 6.44. The fraction of sp³-hybridized carbons (Fsp3) is 0.769. The summed E-state index contributed by atoms with van der Waals surface area (Å²) in [4.78, 5) is 14.9. The van der Waals surface area contributed by atoms with Crippen LogP contribution < -0.4 is 0 Å². The van der Waals surface area contributed by atoms with Crippen molar-refractivity contribution < 1.29 is 14.6 Å². The first kappa shape index (κ1) is 13.9. The number of nitrogens with zero attached hydrogens (tertiary/aromatic N) is 3. The second-order valence-electron chi connectivity index (χ2n) is 5.69. The van der Waals surface area contributed by atoms with Crippen molar-refractivity contribution in [3.63, 3.8) is 0 Å². The average Bonchev–Trinajstić information content (AvgIpc) is 2.90. The minimum atomic E-state index is -0.295. The van der Waals surface area contributed by atoms with Crippen molar-refractivity contribution >= 4 is 17.4 Å². The smallest absolute Gasteiger partial charge is 0.267 e. The van der Waals surface area contributed by atoms with Gasteiger partial charge in [-0.05, 0) is 31.3 Å². The van der Waals surface area contributed by atoms with Gasteiger partial charge in [-0.25, -0.2) is 0 Å². The summed E-state index contributed by atoms with van der Waals surface area (Å²) in [6, 6.07) is 0. The van der Waals surface area contributed by atoms with Gasteiger partial charge in [0.25, 0.3) is 5.91 Å². The molecular formula is C13H19N3O3S. The van der Waals surface area contributed by atoms with Crippen molar-refractivity contribution in [2.75, 3.05) is 20.2 Å². The molecule has 1 spiro atoms. The normalized spacial score (nSPS) is 28.4. The molecule has 1 aromatic heterocycles.